The molecular formula is C27H33FN2O3. The number of carbonyl (C=O) groups excluding carboxylic acids is 2. The van der Waals surface area contributed by atoms with Crippen LogP contribution in [0, 0.1) is 11.2 Å². The quantitative estimate of drug-likeness (QED) is 0.614. The van der Waals surface area contributed by atoms with E-state index in [9.17, 15) is 14.0 Å². The zero-order valence-corrected chi connectivity index (χ0v) is 19.9. The number of fused-ring (bicyclic) bond motifs is 1. The van der Waals surface area contributed by atoms with Crippen LogP contribution < -0.4 is 10.1 Å². The van der Waals surface area contributed by atoms with Gasteiger partial charge in [0.1, 0.15) is 11.6 Å². The summed E-state index contributed by atoms with van der Waals surface area (Å²) >= 11 is 0. The van der Waals surface area contributed by atoms with Crippen LogP contribution in [0.4, 0.5) is 4.39 Å². The lowest BCUT2D eigenvalue weighted by Gasteiger charge is -2.41. The molecule has 1 aliphatic rings. The lowest BCUT2D eigenvalue weighted by Crippen LogP contribution is -2.45. The summed E-state index contributed by atoms with van der Waals surface area (Å²) in [4.78, 5) is 27.6. The zero-order chi connectivity index (χ0) is 24.2. The maximum atomic E-state index is 13.7. The molecule has 2 amide bonds. The Kier molecular flexibility index (Phi) is 7.57. The minimum absolute atomic E-state index is 0.0315. The van der Waals surface area contributed by atoms with Gasteiger partial charge in [-0.2, -0.15) is 0 Å². The van der Waals surface area contributed by atoms with Crippen LogP contribution in [0.1, 0.15) is 56.8 Å². The molecule has 0 aromatic heterocycles. The molecule has 5 nitrogen and oxygen atoms in total. The molecular weight excluding hydrogens is 419 g/mol. The van der Waals surface area contributed by atoms with Crippen LogP contribution in [0.15, 0.2) is 55.1 Å². The highest BCUT2D eigenvalue weighted by atomic mass is 19.1. The van der Waals surface area contributed by atoms with E-state index < -0.39 is 11.5 Å². The molecule has 2 aromatic rings. The van der Waals surface area contributed by atoms with E-state index in [0.717, 1.165) is 16.7 Å². The topological polar surface area (TPSA) is 58.6 Å². The molecule has 1 heterocycles. The molecule has 3 rings (SSSR count). The van der Waals surface area contributed by atoms with Gasteiger partial charge in [-0.3, -0.25) is 9.59 Å². The monoisotopic (exact) mass is 452 g/mol. The average Bonchev–Trinajstić information content (AvgIpc) is 2.79. The Labute approximate surface area is 195 Å². The third-order valence-corrected chi connectivity index (χ3v) is 5.80. The van der Waals surface area contributed by atoms with Crippen molar-refractivity contribution in [3.8, 4) is 5.75 Å². The van der Waals surface area contributed by atoms with Crippen molar-refractivity contribution in [2.45, 2.75) is 52.7 Å². The van der Waals surface area contributed by atoms with Crippen molar-refractivity contribution in [3.63, 3.8) is 0 Å². The van der Waals surface area contributed by atoms with E-state index in [1.54, 1.807) is 18.2 Å². The maximum absolute atomic E-state index is 13.7. The summed E-state index contributed by atoms with van der Waals surface area (Å²) in [5.74, 6) is 0.0715. The Morgan fingerprint density at radius 1 is 1.24 bits per heavy atom. The number of benzene rings is 2. The van der Waals surface area contributed by atoms with Crippen LogP contribution >= 0.6 is 0 Å². The number of halogens is 1. The molecule has 6 heteroatoms. The number of nitrogens with one attached hydrogen (secondary N) is 1. The first-order valence-corrected chi connectivity index (χ1v) is 11.4. The molecule has 0 aliphatic carbocycles. The molecule has 1 N–H and O–H groups in total. The number of amides is 2. The predicted molar refractivity (Wildman–Crippen MR) is 127 cm³/mol. The van der Waals surface area contributed by atoms with Crippen LogP contribution in [-0.2, 0) is 16.0 Å². The molecule has 0 fully saturated rings. The van der Waals surface area contributed by atoms with E-state index in [0.29, 0.717) is 31.7 Å². The van der Waals surface area contributed by atoms with Gasteiger partial charge in [-0.1, -0.05) is 52.0 Å². The molecule has 0 unspecified atom stereocenters. The summed E-state index contributed by atoms with van der Waals surface area (Å²) in [5.41, 5.74) is 2.33. The number of hydrogen-bond acceptors (Lipinski definition) is 3. The van der Waals surface area contributed by atoms with Gasteiger partial charge in [0, 0.05) is 18.5 Å². The molecule has 0 saturated heterocycles. The molecule has 33 heavy (non-hydrogen) atoms. The van der Waals surface area contributed by atoms with Gasteiger partial charge in [-0.05, 0) is 53.8 Å². The minimum Gasteiger partial charge on any atom is -0.481 e. The molecule has 0 spiro atoms. The van der Waals surface area contributed by atoms with Gasteiger partial charge in [-0.15, -0.1) is 6.58 Å². The van der Waals surface area contributed by atoms with Gasteiger partial charge in [0.15, 0.2) is 6.10 Å². The molecule has 0 saturated carbocycles. The summed E-state index contributed by atoms with van der Waals surface area (Å²) in [6.45, 7) is 12.2. The maximum Gasteiger partial charge on any atom is 0.261 e. The summed E-state index contributed by atoms with van der Waals surface area (Å²) in [6.07, 6.45) is 2.21. The highest BCUT2D eigenvalue weighted by Gasteiger charge is 2.37. The summed E-state index contributed by atoms with van der Waals surface area (Å²) in [6, 6.07) is 11.7. The smallest absolute Gasteiger partial charge is 0.261 e. The van der Waals surface area contributed by atoms with E-state index in [1.165, 1.54) is 12.1 Å². The lowest BCUT2D eigenvalue weighted by atomic mass is 9.85. The van der Waals surface area contributed by atoms with Crippen molar-refractivity contribution in [2.75, 3.05) is 13.1 Å². The average molecular weight is 453 g/mol. The molecule has 0 radical (unpaired) electrons. The number of nitrogens with zero attached hydrogens (tertiary/aromatic N) is 1. The van der Waals surface area contributed by atoms with Gasteiger partial charge in [0.25, 0.3) is 5.91 Å². The van der Waals surface area contributed by atoms with Crippen LogP contribution in [0.3, 0.4) is 0 Å². The van der Waals surface area contributed by atoms with Gasteiger partial charge >= 0.3 is 0 Å². The van der Waals surface area contributed by atoms with Gasteiger partial charge in [-0.25, -0.2) is 4.39 Å². The van der Waals surface area contributed by atoms with E-state index >= 15 is 0 Å². The van der Waals surface area contributed by atoms with Crippen molar-refractivity contribution in [1.82, 2.24) is 10.2 Å². The normalized spacial score (nSPS) is 16.5. The van der Waals surface area contributed by atoms with Crippen molar-refractivity contribution in [1.29, 1.82) is 0 Å². The van der Waals surface area contributed by atoms with Crippen molar-refractivity contribution in [3.05, 3.63) is 77.6 Å². The Morgan fingerprint density at radius 3 is 2.55 bits per heavy atom. The summed E-state index contributed by atoms with van der Waals surface area (Å²) < 4.78 is 19.7. The molecule has 1 aliphatic heterocycles. The van der Waals surface area contributed by atoms with Crippen LogP contribution in [0.5, 0.6) is 5.75 Å². The zero-order valence-electron chi connectivity index (χ0n) is 19.9. The highest BCUT2D eigenvalue weighted by Crippen LogP contribution is 2.39. The number of rotatable bonds is 7. The first-order valence-electron chi connectivity index (χ1n) is 11.4. The van der Waals surface area contributed by atoms with Crippen LogP contribution in [-0.4, -0.2) is 35.9 Å². The van der Waals surface area contributed by atoms with E-state index in [1.807, 2.05) is 50.8 Å². The van der Waals surface area contributed by atoms with Gasteiger partial charge < -0.3 is 15.0 Å². The van der Waals surface area contributed by atoms with E-state index in [4.69, 9.17) is 4.74 Å². The minimum atomic E-state index is -0.636. The third kappa shape index (κ3) is 5.62. The van der Waals surface area contributed by atoms with Crippen LogP contribution in [0.2, 0.25) is 0 Å². The Balaban J connectivity index is 2.00. The SMILES string of the molecule is C=CCNC(=O)[C@@H](CC)Oc1ccc2c(c1)[C@H](c1ccc(F)cc1)N(C(=O)C(C)(C)C)CC2. The second-order valence-electron chi connectivity index (χ2n) is 9.36. The predicted octanol–water partition coefficient (Wildman–Crippen LogP) is 4.81. The van der Waals surface area contributed by atoms with Gasteiger partial charge in [0.05, 0.1) is 6.04 Å². The fraction of sp³-hybridized carbons (Fsp3) is 0.407. The number of ether oxygens (including phenoxy) is 1. The number of carbonyl (C=O) groups is 2. The van der Waals surface area contributed by atoms with E-state index in [-0.39, 0.29) is 23.7 Å². The second kappa shape index (κ2) is 10.2. The van der Waals surface area contributed by atoms with Gasteiger partial charge in [0.2, 0.25) is 5.91 Å². The van der Waals surface area contributed by atoms with Crippen molar-refractivity contribution < 1.29 is 18.7 Å². The molecule has 176 valence electrons. The van der Waals surface area contributed by atoms with E-state index in [2.05, 4.69) is 11.9 Å². The van der Waals surface area contributed by atoms with Crippen molar-refractivity contribution >= 4 is 11.8 Å². The number of hydrogen-bond donors (Lipinski definition) is 1. The standard InChI is InChI=1S/C27H33FN2O3/c1-6-15-29-25(31)23(7-2)33-21-13-10-18-14-16-30(26(32)27(3,4)5)24(22(18)17-21)19-8-11-20(28)12-9-19/h6,8-13,17,23-24H,1,7,14-16H2,2-5H3,(H,29,31)/t23-,24+/m1/s1. The highest BCUT2D eigenvalue weighted by molar-refractivity contribution is 5.83. The molecule has 2 aromatic carbocycles. The molecule has 0 bridgehead atoms. The largest absolute Gasteiger partial charge is 0.481 e. The first kappa shape index (κ1) is 24.5. The summed E-state index contributed by atoms with van der Waals surface area (Å²) in [7, 11) is 0. The lowest BCUT2D eigenvalue weighted by molar-refractivity contribution is -0.141. The first-order chi connectivity index (χ1) is 15.7. The Hall–Kier alpha value is -3.15. The third-order valence-electron chi connectivity index (χ3n) is 5.80. The second-order valence-corrected chi connectivity index (χ2v) is 9.36. The fourth-order valence-corrected chi connectivity index (χ4v) is 4.09. The van der Waals surface area contributed by atoms with Crippen LogP contribution in [0.25, 0.3) is 0 Å². The molecule has 2 atom stereocenters. The van der Waals surface area contributed by atoms with Crippen molar-refractivity contribution in [2.24, 2.45) is 5.41 Å². The summed E-state index contributed by atoms with van der Waals surface area (Å²) in [5, 5.41) is 2.77. The fourth-order valence-electron chi connectivity index (χ4n) is 4.09. The Morgan fingerprint density at radius 2 is 1.94 bits per heavy atom. The Bertz CT molecular complexity index is 1010.